The molecule has 0 radical (unpaired) electrons. The van der Waals surface area contributed by atoms with Crippen LogP contribution >= 0.6 is 11.3 Å². The number of amides is 2. The number of methoxy groups -OCH3 is 1. The van der Waals surface area contributed by atoms with Crippen LogP contribution in [0.25, 0.3) is 0 Å². The molecule has 1 aliphatic heterocycles. The van der Waals surface area contributed by atoms with Crippen molar-refractivity contribution in [2.24, 2.45) is 0 Å². The van der Waals surface area contributed by atoms with Gasteiger partial charge in [-0.3, -0.25) is 9.59 Å². The van der Waals surface area contributed by atoms with E-state index in [1.807, 2.05) is 17.5 Å². The summed E-state index contributed by atoms with van der Waals surface area (Å²) in [5.41, 5.74) is 1.20. The van der Waals surface area contributed by atoms with Crippen LogP contribution in [-0.4, -0.2) is 25.7 Å². The number of thiophene rings is 1. The average Bonchev–Trinajstić information content (AvgIpc) is 3.43. The lowest BCUT2D eigenvalue weighted by Gasteiger charge is -2.19. The van der Waals surface area contributed by atoms with Crippen LogP contribution in [-0.2, 0) is 16.0 Å². The summed E-state index contributed by atoms with van der Waals surface area (Å²) in [5, 5.41) is 7.60. The molecule has 0 saturated heterocycles. The maximum Gasteiger partial charge on any atom is 0.251 e. The van der Waals surface area contributed by atoms with Crippen molar-refractivity contribution in [1.82, 2.24) is 5.32 Å². The van der Waals surface area contributed by atoms with E-state index in [-0.39, 0.29) is 25.0 Å². The normalized spacial score (nSPS) is 12.8. The minimum Gasteiger partial charge on any atom is -0.497 e. The third-order valence-electron chi connectivity index (χ3n) is 4.57. The molecule has 8 heteroatoms. The zero-order valence-electron chi connectivity index (χ0n) is 16.2. The summed E-state index contributed by atoms with van der Waals surface area (Å²) in [4.78, 5) is 26.6. The van der Waals surface area contributed by atoms with Crippen molar-refractivity contribution >= 4 is 28.8 Å². The summed E-state index contributed by atoms with van der Waals surface area (Å²) in [7, 11) is 1.57. The quantitative estimate of drug-likeness (QED) is 0.606. The molecule has 0 spiro atoms. The Bertz CT molecular complexity index is 1030. The molecule has 2 amide bonds. The maximum atomic E-state index is 13.1. The highest BCUT2D eigenvalue weighted by atomic mass is 32.1. The van der Waals surface area contributed by atoms with Crippen LogP contribution in [0.15, 0.2) is 60.0 Å². The van der Waals surface area contributed by atoms with Gasteiger partial charge in [0.15, 0.2) is 11.5 Å². The highest BCUT2D eigenvalue weighted by Crippen LogP contribution is 2.34. The molecule has 0 bridgehead atoms. The fraction of sp³-hybridized carbons (Fsp3) is 0.182. The van der Waals surface area contributed by atoms with E-state index in [4.69, 9.17) is 14.2 Å². The Balaban J connectivity index is 1.53. The number of fused-ring (bicyclic) bond motifs is 1. The molecule has 0 saturated carbocycles. The number of benzene rings is 2. The van der Waals surface area contributed by atoms with Crippen LogP contribution in [0.5, 0.6) is 17.2 Å². The number of carbonyl (C=O) groups excluding carboxylic acids is 2. The smallest absolute Gasteiger partial charge is 0.251 e. The molecule has 4 rings (SSSR count). The number of rotatable bonds is 7. The minimum atomic E-state index is -0.867. The molecular weight excluding hydrogens is 404 g/mol. The number of ether oxygens (including phenoxy) is 3. The van der Waals surface area contributed by atoms with Crippen LogP contribution in [0.4, 0.5) is 5.69 Å². The van der Waals surface area contributed by atoms with Crippen molar-refractivity contribution in [3.05, 3.63) is 70.4 Å². The lowest BCUT2D eigenvalue weighted by molar-refractivity contribution is -0.126. The SMILES string of the molecule is COc1ccc([C@H](NC(=O)Cc2cccs2)C(=O)Nc2ccc3c(c2)OCO3)cc1. The van der Waals surface area contributed by atoms with E-state index in [2.05, 4.69) is 10.6 Å². The van der Waals surface area contributed by atoms with Gasteiger partial charge >= 0.3 is 0 Å². The third-order valence-corrected chi connectivity index (χ3v) is 5.45. The van der Waals surface area contributed by atoms with E-state index < -0.39 is 6.04 Å². The lowest BCUT2D eigenvalue weighted by atomic mass is 10.1. The highest BCUT2D eigenvalue weighted by Gasteiger charge is 2.24. The summed E-state index contributed by atoms with van der Waals surface area (Å²) >= 11 is 1.50. The van der Waals surface area contributed by atoms with Crippen molar-refractivity contribution in [1.29, 1.82) is 0 Å². The lowest BCUT2D eigenvalue weighted by Crippen LogP contribution is -2.37. The second-order valence-corrected chi connectivity index (χ2v) is 7.62. The van der Waals surface area contributed by atoms with Crippen molar-refractivity contribution in [3.63, 3.8) is 0 Å². The third kappa shape index (κ3) is 4.55. The van der Waals surface area contributed by atoms with E-state index in [1.165, 1.54) is 11.3 Å². The van der Waals surface area contributed by atoms with E-state index in [1.54, 1.807) is 49.6 Å². The number of nitrogens with one attached hydrogen (secondary N) is 2. The number of hydrogen-bond acceptors (Lipinski definition) is 6. The predicted molar refractivity (Wildman–Crippen MR) is 113 cm³/mol. The van der Waals surface area contributed by atoms with Gasteiger partial charge in [0.05, 0.1) is 13.5 Å². The molecule has 0 fully saturated rings. The Morgan fingerprint density at radius 3 is 2.63 bits per heavy atom. The number of hydrogen-bond donors (Lipinski definition) is 2. The highest BCUT2D eigenvalue weighted by molar-refractivity contribution is 7.10. The summed E-state index contributed by atoms with van der Waals surface area (Å²) in [6.07, 6.45) is 0.210. The first-order valence-electron chi connectivity index (χ1n) is 9.28. The first-order valence-corrected chi connectivity index (χ1v) is 10.2. The van der Waals surface area contributed by atoms with Crippen LogP contribution in [0, 0.1) is 0 Å². The van der Waals surface area contributed by atoms with Crippen LogP contribution in [0.1, 0.15) is 16.5 Å². The summed E-state index contributed by atoms with van der Waals surface area (Å²) in [6, 6.07) is 15.1. The van der Waals surface area contributed by atoms with Gasteiger partial charge in [-0.05, 0) is 41.3 Å². The summed E-state index contributed by atoms with van der Waals surface area (Å²) in [6.45, 7) is 0.153. The molecule has 2 N–H and O–H groups in total. The molecule has 154 valence electrons. The first kappa shape index (κ1) is 19.8. The number of carbonyl (C=O) groups is 2. The van der Waals surface area contributed by atoms with Crippen LogP contribution in [0.2, 0.25) is 0 Å². The Hall–Kier alpha value is -3.52. The fourth-order valence-electron chi connectivity index (χ4n) is 3.07. The first-order chi connectivity index (χ1) is 14.6. The summed E-state index contributed by atoms with van der Waals surface area (Å²) in [5.74, 6) is 1.26. The topological polar surface area (TPSA) is 85.9 Å². The molecule has 1 aromatic heterocycles. The second-order valence-electron chi connectivity index (χ2n) is 6.59. The van der Waals surface area contributed by atoms with E-state index >= 15 is 0 Å². The maximum absolute atomic E-state index is 13.1. The van der Waals surface area contributed by atoms with Gasteiger partial charge in [-0.15, -0.1) is 11.3 Å². The van der Waals surface area contributed by atoms with Crippen LogP contribution in [0.3, 0.4) is 0 Å². The van der Waals surface area contributed by atoms with Gasteiger partial charge in [-0.25, -0.2) is 0 Å². The summed E-state index contributed by atoms with van der Waals surface area (Å²) < 4.78 is 15.8. The molecular formula is C22H20N2O5S. The van der Waals surface area contributed by atoms with Crippen molar-refractivity contribution in [3.8, 4) is 17.2 Å². The molecule has 3 aromatic rings. The fourth-order valence-corrected chi connectivity index (χ4v) is 3.77. The molecule has 1 aliphatic rings. The van der Waals surface area contributed by atoms with Gasteiger partial charge in [0, 0.05) is 16.6 Å². The molecule has 0 unspecified atom stereocenters. The molecule has 0 aliphatic carbocycles. The predicted octanol–water partition coefficient (Wildman–Crippen LogP) is 3.52. The van der Waals surface area contributed by atoms with Gasteiger partial charge in [0.2, 0.25) is 12.7 Å². The van der Waals surface area contributed by atoms with Crippen molar-refractivity contribution < 1.29 is 23.8 Å². The minimum absolute atomic E-state index is 0.153. The molecule has 1 atom stereocenters. The Morgan fingerprint density at radius 1 is 1.10 bits per heavy atom. The molecule has 7 nitrogen and oxygen atoms in total. The molecule has 30 heavy (non-hydrogen) atoms. The van der Waals surface area contributed by atoms with Gasteiger partial charge in [0.1, 0.15) is 11.8 Å². The average molecular weight is 424 g/mol. The van der Waals surface area contributed by atoms with Crippen molar-refractivity contribution in [2.45, 2.75) is 12.5 Å². The molecule has 2 aromatic carbocycles. The van der Waals surface area contributed by atoms with E-state index in [0.717, 1.165) is 4.88 Å². The van der Waals surface area contributed by atoms with Crippen LogP contribution < -0.4 is 24.8 Å². The zero-order valence-corrected chi connectivity index (χ0v) is 17.0. The zero-order chi connectivity index (χ0) is 20.9. The Labute approximate surface area is 177 Å². The second kappa shape index (κ2) is 8.87. The van der Waals surface area contributed by atoms with Gasteiger partial charge in [0.25, 0.3) is 5.91 Å². The van der Waals surface area contributed by atoms with Gasteiger partial charge in [-0.2, -0.15) is 0 Å². The Kier molecular flexibility index (Phi) is 5.85. The monoisotopic (exact) mass is 424 g/mol. The number of anilines is 1. The van der Waals surface area contributed by atoms with Gasteiger partial charge < -0.3 is 24.8 Å². The standard InChI is InChI=1S/C22H20N2O5S/c1-27-16-7-4-14(5-8-16)21(24-20(25)12-17-3-2-10-30-17)22(26)23-15-6-9-18-19(11-15)29-13-28-18/h2-11,21H,12-13H2,1H3,(H,23,26)(H,24,25)/t21-/m0/s1. The Morgan fingerprint density at radius 2 is 1.90 bits per heavy atom. The van der Waals surface area contributed by atoms with E-state index in [0.29, 0.717) is 28.5 Å². The van der Waals surface area contributed by atoms with Crippen molar-refractivity contribution in [2.75, 3.05) is 19.2 Å². The molecule has 2 heterocycles. The van der Waals surface area contributed by atoms with E-state index in [9.17, 15) is 9.59 Å². The largest absolute Gasteiger partial charge is 0.497 e. The van der Waals surface area contributed by atoms with Gasteiger partial charge in [-0.1, -0.05) is 18.2 Å².